The molecule has 15 heavy (non-hydrogen) atoms. The van der Waals surface area contributed by atoms with Gasteiger partial charge >= 0.3 is 0 Å². The molecule has 0 saturated carbocycles. The molecule has 1 radical (unpaired) electrons. The van der Waals surface area contributed by atoms with Crippen LogP contribution in [0.25, 0.3) is 0 Å². The van der Waals surface area contributed by atoms with Crippen LogP contribution in [-0.4, -0.2) is 13.1 Å². The van der Waals surface area contributed by atoms with Crippen LogP contribution < -0.4 is 0 Å². The molecule has 0 aliphatic carbocycles. The van der Waals surface area contributed by atoms with Crippen LogP contribution in [0.2, 0.25) is 0 Å². The molecule has 0 heterocycles. The molecular weight excluding hydrogens is 337 g/mol. The van der Waals surface area contributed by atoms with Crippen molar-refractivity contribution in [2.75, 3.05) is 0 Å². The standard InChI is InChI=1S/C6H12S2.C4H7S2.Y/c1-5(7)8-6(2,3)4;1-3-6-4(2)5;/h1-4H3;3H,1-2H3;/q;-1;. The Morgan fingerprint density at radius 3 is 1.47 bits per heavy atom. The van der Waals surface area contributed by atoms with E-state index in [1.165, 1.54) is 0 Å². The molecule has 0 aliphatic heterocycles. The van der Waals surface area contributed by atoms with Gasteiger partial charge in [0.2, 0.25) is 0 Å². The van der Waals surface area contributed by atoms with Crippen molar-refractivity contribution >= 4 is 56.4 Å². The summed E-state index contributed by atoms with van der Waals surface area (Å²) < 4.78 is 2.31. The van der Waals surface area contributed by atoms with E-state index in [-0.39, 0.29) is 32.7 Å². The summed E-state index contributed by atoms with van der Waals surface area (Å²) in [5.41, 5.74) is 0. The third kappa shape index (κ3) is 31.4. The molecule has 5 heteroatoms. The zero-order valence-electron chi connectivity index (χ0n) is 10.3. The molecule has 87 valence electrons. The molecule has 0 fully saturated rings. The Morgan fingerprint density at radius 1 is 1.07 bits per heavy atom. The summed E-state index contributed by atoms with van der Waals surface area (Å²) in [6, 6.07) is 0. The molecular formula is C10H19S4Y-. The fourth-order valence-electron chi connectivity index (χ4n) is 0.597. The van der Waals surface area contributed by atoms with Crippen LogP contribution in [0, 0.1) is 5.75 Å². The minimum Gasteiger partial charge on any atom is -0.310 e. The van der Waals surface area contributed by atoms with Crippen molar-refractivity contribution in [3.8, 4) is 0 Å². The molecule has 0 aromatic carbocycles. The first-order valence-electron chi connectivity index (χ1n) is 4.33. The summed E-state index contributed by atoms with van der Waals surface area (Å²) in [5, 5.41) is 0. The average Bonchev–Trinajstić information content (AvgIpc) is 1.80. The van der Waals surface area contributed by atoms with Gasteiger partial charge in [0, 0.05) is 45.8 Å². The first-order valence-corrected chi connectivity index (χ1v) is 6.85. The summed E-state index contributed by atoms with van der Waals surface area (Å²) >= 11 is 13.0. The second-order valence-corrected chi connectivity index (χ2v) is 8.65. The molecule has 0 unspecified atom stereocenters. The Labute approximate surface area is 139 Å². The van der Waals surface area contributed by atoms with E-state index >= 15 is 0 Å². The molecule has 0 nitrogen and oxygen atoms in total. The number of hydrogen-bond donors (Lipinski definition) is 0. The smallest absolute Gasteiger partial charge is 0.0452 e. The van der Waals surface area contributed by atoms with Crippen LogP contribution in [0.3, 0.4) is 0 Å². The normalized spacial score (nSPS) is 9.47. The van der Waals surface area contributed by atoms with Crippen molar-refractivity contribution in [1.29, 1.82) is 0 Å². The average molecular weight is 356 g/mol. The largest absolute Gasteiger partial charge is 0.310 e. The maximum absolute atomic E-state index is 4.91. The SMILES string of the molecule is CC(=S)SC(C)(C)C.C[CH-]SC(C)=S.[Y]. The van der Waals surface area contributed by atoms with Crippen LogP contribution >= 0.6 is 48.0 Å². The predicted molar refractivity (Wildman–Crippen MR) is 81.5 cm³/mol. The van der Waals surface area contributed by atoms with Gasteiger partial charge in [-0.25, -0.2) is 0 Å². The monoisotopic (exact) mass is 356 g/mol. The fourth-order valence-corrected chi connectivity index (χ4v) is 2.83. The third-order valence-electron chi connectivity index (χ3n) is 0.734. The van der Waals surface area contributed by atoms with E-state index in [4.69, 9.17) is 24.4 Å². The molecule has 0 aliphatic rings. The minimum atomic E-state index is 0. The second-order valence-electron chi connectivity index (χ2n) is 3.55. The summed E-state index contributed by atoms with van der Waals surface area (Å²) in [6.07, 6.45) is 0. The van der Waals surface area contributed by atoms with Gasteiger partial charge in [-0.2, -0.15) is 6.92 Å². The summed E-state index contributed by atoms with van der Waals surface area (Å²) in [5.74, 6) is 1.97. The van der Waals surface area contributed by atoms with Gasteiger partial charge in [0.15, 0.2) is 0 Å². The van der Waals surface area contributed by atoms with Gasteiger partial charge in [-0.1, -0.05) is 45.2 Å². The first-order chi connectivity index (χ1) is 6.19. The number of thioether (sulfide) groups is 2. The van der Waals surface area contributed by atoms with E-state index in [1.54, 1.807) is 23.5 Å². The Hall–Kier alpha value is 1.98. The van der Waals surface area contributed by atoms with E-state index in [0.29, 0.717) is 4.75 Å². The van der Waals surface area contributed by atoms with Crippen molar-refractivity contribution in [2.45, 2.75) is 46.3 Å². The van der Waals surface area contributed by atoms with Crippen LogP contribution in [0.4, 0.5) is 0 Å². The second kappa shape index (κ2) is 12.4. The van der Waals surface area contributed by atoms with Gasteiger partial charge in [0.25, 0.3) is 0 Å². The zero-order valence-corrected chi connectivity index (χ0v) is 16.4. The van der Waals surface area contributed by atoms with Gasteiger partial charge in [-0.05, 0) is 13.8 Å². The van der Waals surface area contributed by atoms with Crippen molar-refractivity contribution in [3.05, 3.63) is 5.75 Å². The summed E-state index contributed by atoms with van der Waals surface area (Å²) in [6.45, 7) is 12.3. The molecule has 0 bridgehead atoms. The molecule has 0 spiro atoms. The Balaban J connectivity index is -0.000000187. The predicted octanol–water partition coefficient (Wildman–Crippen LogP) is 5.11. The van der Waals surface area contributed by atoms with E-state index in [2.05, 4.69) is 20.8 Å². The Morgan fingerprint density at radius 2 is 1.47 bits per heavy atom. The van der Waals surface area contributed by atoms with E-state index in [0.717, 1.165) is 8.39 Å². The van der Waals surface area contributed by atoms with Crippen LogP contribution in [0.1, 0.15) is 41.5 Å². The first kappa shape index (κ1) is 22.2. The van der Waals surface area contributed by atoms with Crippen molar-refractivity contribution < 1.29 is 32.7 Å². The van der Waals surface area contributed by atoms with Crippen molar-refractivity contribution in [3.63, 3.8) is 0 Å². The molecule has 0 N–H and O–H groups in total. The third-order valence-corrected chi connectivity index (χ3v) is 2.74. The van der Waals surface area contributed by atoms with Gasteiger partial charge in [-0.15, -0.1) is 11.8 Å². The summed E-state index contributed by atoms with van der Waals surface area (Å²) in [4.78, 5) is 0. The van der Waals surface area contributed by atoms with Gasteiger partial charge in [0.05, 0.1) is 0 Å². The quantitative estimate of drug-likeness (QED) is 0.473. The molecule has 0 amide bonds. The van der Waals surface area contributed by atoms with Gasteiger partial charge < -0.3 is 11.8 Å². The van der Waals surface area contributed by atoms with E-state index in [1.807, 2.05) is 26.5 Å². The van der Waals surface area contributed by atoms with Crippen LogP contribution in [0.15, 0.2) is 0 Å². The Bertz CT molecular complexity index is 184. The van der Waals surface area contributed by atoms with E-state index < -0.39 is 0 Å². The molecule has 0 saturated heterocycles. The van der Waals surface area contributed by atoms with Crippen molar-refractivity contribution in [1.82, 2.24) is 0 Å². The minimum absolute atomic E-state index is 0. The summed E-state index contributed by atoms with van der Waals surface area (Å²) in [7, 11) is 0. The van der Waals surface area contributed by atoms with Gasteiger partial charge in [0.1, 0.15) is 0 Å². The number of hydrogen-bond acceptors (Lipinski definition) is 4. The molecule has 0 atom stereocenters. The molecule has 0 rings (SSSR count). The Kier molecular flexibility index (Phi) is 18.4. The van der Waals surface area contributed by atoms with Crippen LogP contribution in [-0.2, 0) is 32.7 Å². The molecule has 0 aromatic rings. The topological polar surface area (TPSA) is 0 Å². The maximum Gasteiger partial charge on any atom is 0.0452 e. The number of thiocarbonyl (C=S) groups is 2. The van der Waals surface area contributed by atoms with Gasteiger partial charge in [-0.3, -0.25) is 5.75 Å². The van der Waals surface area contributed by atoms with Crippen LogP contribution in [0.5, 0.6) is 0 Å². The molecule has 0 aromatic heterocycles. The fraction of sp³-hybridized carbons (Fsp3) is 0.700. The maximum atomic E-state index is 4.91. The zero-order chi connectivity index (χ0) is 11.8. The van der Waals surface area contributed by atoms with E-state index in [9.17, 15) is 0 Å². The number of rotatable bonds is 1. The van der Waals surface area contributed by atoms with Crippen molar-refractivity contribution in [2.24, 2.45) is 0 Å².